The Balaban J connectivity index is 1.50. The normalized spacial score (nSPS) is 16.6. The predicted molar refractivity (Wildman–Crippen MR) is 111 cm³/mol. The monoisotopic (exact) mass is 415 g/mol. The first-order valence-corrected chi connectivity index (χ1v) is 10.8. The zero-order valence-corrected chi connectivity index (χ0v) is 17.4. The summed E-state index contributed by atoms with van der Waals surface area (Å²) in [6, 6.07) is 10.5. The Labute approximate surface area is 171 Å². The van der Waals surface area contributed by atoms with E-state index in [9.17, 15) is 13.2 Å². The highest BCUT2D eigenvalue weighted by Crippen LogP contribution is 2.18. The number of aromatic nitrogens is 1. The molecule has 29 heavy (non-hydrogen) atoms. The van der Waals surface area contributed by atoms with E-state index in [1.54, 1.807) is 49.6 Å². The first kappa shape index (κ1) is 21.1. The van der Waals surface area contributed by atoms with Crippen molar-refractivity contribution in [1.29, 1.82) is 0 Å². The van der Waals surface area contributed by atoms with Gasteiger partial charge in [0.25, 0.3) is 5.91 Å². The number of benzene rings is 1. The van der Waals surface area contributed by atoms with Crippen molar-refractivity contribution in [2.45, 2.75) is 18.7 Å². The molecule has 1 fully saturated rings. The van der Waals surface area contributed by atoms with Crippen LogP contribution in [0.25, 0.3) is 0 Å². The van der Waals surface area contributed by atoms with E-state index >= 15 is 0 Å². The summed E-state index contributed by atoms with van der Waals surface area (Å²) in [6.45, 7) is 5.56. The molecule has 0 bridgehead atoms. The number of amides is 1. The Hall–Kier alpha value is -2.62. The van der Waals surface area contributed by atoms with Crippen LogP contribution in [0.1, 0.15) is 18.1 Å². The molecule has 1 N–H and O–H groups in total. The van der Waals surface area contributed by atoms with Crippen LogP contribution in [-0.4, -0.2) is 66.9 Å². The zero-order valence-electron chi connectivity index (χ0n) is 16.6. The van der Waals surface area contributed by atoms with Gasteiger partial charge >= 0.3 is 0 Å². The summed E-state index contributed by atoms with van der Waals surface area (Å²) in [5.41, 5.74) is 5.07. The molecule has 154 valence electrons. The van der Waals surface area contributed by atoms with Gasteiger partial charge in [-0.2, -0.15) is 9.41 Å². The van der Waals surface area contributed by atoms with Crippen LogP contribution in [0.4, 0.5) is 0 Å². The SMILES string of the molecule is C/C(=N/NC(=O)CN1CCN(S(=O)(=O)c2ccc(C)cc2)CC1)c1cccnc1. The quantitative estimate of drug-likeness (QED) is 0.566. The van der Waals surface area contributed by atoms with E-state index in [2.05, 4.69) is 15.5 Å². The molecule has 2 heterocycles. The maximum Gasteiger partial charge on any atom is 0.254 e. The van der Waals surface area contributed by atoms with E-state index < -0.39 is 10.0 Å². The minimum atomic E-state index is -3.50. The van der Waals surface area contributed by atoms with Crippen LogP contribution in [0.15, 0.2) is 58.8 Å². The molecule has 1 saturated heterocycles. The van der Waals surface area contributed by atoms with E-state index in [1.165, 1.54) is 4.31 Å². The number of piperazine rings is 1. The topological polar surface area (TPSA) is 95.0 Å². The molecule has 0 spiro atoms. The van der Waals surface area contributed by atoms with E-state index in [4.69, 9.17) is 0 Å². The number of nitrogens with zero attached hydrogens (tertiary/aromatic N) is 4. The highest BCUT2D eigenvalue weighted by molar-refractivity contribution is 7.89. The van der Waals surface area contributed by atoms with E-state index in [0.29, 0.717) is 36.8 Å². The Morgan fingerprint density at radius 3 is 2.45 bits per heavy atom. The second kappa shape index (κ2) is 9.25. The number of aryl methyl sites for hydroxylation is 1. The number of nitrogens with one attached hydrogen (secondary N) is 1. The molecule has 0 radical (unpaired) electrons. The summed E-state index contributed by atoms with van der Waals surface area (Å²) in [5.74, 6) is -0.233. The number of rotatable bonds is 6. The van der Waals surface area contributed by atoms with Crippen LogP contribution >= 0.6 is 0 Å². The summed E-state index contributed by atoms with van der Waals surface area (Å²) < 4.78 is 27.0. The van der Waals surface area contributed by atoms with E-state index in [0.717, 1.165) is 11.1 Å². The van der Waals surface area contributed by atoms with Gasteiger partial charge in [0, 0.05) is 44.1 Å². The van der Waals surface area contributed by atoms with Gasteiger partial charge in [0.2, 0.25) is 10.0 Å². The Kier molecular flexibility index (Phi) is 6.73. The lowest BCUT2D eigenvalue weighted by Crippen LogP contribution is -2.50. The molecular weight excluding hydrogens is 390 g/mol. The third-order valence-corrected chi connectivity index (χ3v) is 6.70. The molecule has 1 amide bonds. The second-order valence-corrected chi connectivity index (χ2v) is 8.91. The van der Waals surface area contributed by atoms with Crippen molar-refractivity contribution >= 4 is 21.6 Å². The predicted octanol–water partition coefficient (Wildman–Crippen LogP) is 1.24. The van der Waals surface area contributed by atoms with Crippen molar-refractivity contribution in [3.05, 3.63) is 59.9 Å². The Morgan fingerprint density at radius 2 is 1.83 bits per heavy atom. The highest BCUT2D eigenvalue weighted by Gasteiger charge is 2.28. The van der Waals surface area contributed by atoms with Crippen molar-refractivity contribution in [3.8, 4) is 0 Å². The van der Waals surface area contributed by atoms with Gasteiger partial charge in [0.15, 0.2) is 0 Å². The van der Waals surface area contributed by atoms with Gasteiger partial charge in [-0.3, -0.25) is 14.7 Å². The molecular formula is C20H25N5O3S. The lowest BCUT2D eigenvalue weighted by atomic mass is 10.2. The molecule has 3 rings (SSSR count). The van der Waals surface area contributed by atoms with Gasteiger partial charge < -0.3 is 0 Å². The minimum absolute atomic E-state index is 0.169. The molecule has 1 aliphatic rings. The van der Waals surface area contributed by atoms with Crippen LogP contribution in [0, 0.1) is 6.92 Å². The van der Waals surface area contributed by atoms with Gasteiger partial charge in [-0.25, -0.2) is 13.8 Å². The molecule has 0 atom stereocenters. The Bertz CT molecular complexity index is 967. The van der Waals surface area contributed by atoms with Crippen LogP contribution in [-0.2, 0) is 14.8 Å². The average Bonchev–Trinajstić information content (AvgIpc) is 2.73. The van der Waals surface area contributed by atoms with Gasteiger partial charge in [0.05, 0.1) is 17.2 Å². The molecule has 9 heteroatoms. The number of hydrogen-bond donors (Lipinski definition) is 1. The zero-order chi connectivity index (χ0) is 20.9. The summed E-state index contributed by atoms with van der Waals surface area (Å²) in [7, 11) is -3.50. The lowest BCUT2D eigenvalue weighted by Gasteiger charge is -2.33. The number of hydrogen-bond acceptors (Lipinski definition) is 6. The maximum absolute atomic E-state index is 12.7. The number of carbonyl (C=O) groups is 1. The minimum Gasteiger partial charge on any atom is -0.292 e. The molecule has 0 unspecified atom stereocenters. The lowest BCUT2D eigenvalue weighted by molar-refractivity contribution is -0.122. The summed E-state index contributed by atoms with van der Waals surface area (Å²) in [4.78, 5) is 18.4. The summed E-state index contributed by atoms with van der Waals surface area (Å²) in [6.07, 6.45) is 3.35. The molecule has 8 nitrogen and oxygen atoms in total. The summed E-state index contributed by atoms with van der Waals surface area (Å²) >= 11 is 0. The van der Waals surface area contributed by atoms with Crippen LogP contribution in [0.5, 0.6) is 0 Å². The van der Waals surface area contributed by atoms with Crippen LogP contribution < -0.4 is 5.43 Å². The van der Waals surface area contributed by atoms with Crippen molar-refractivity contribution in [2.24, 2.45) is 5.10 Å². The molecule has 0 aliphatic carbocycles. The number of pyridine rings is 1. The van der Waals surface area contributed by atoms with Crippen molar-refractivity contribution < 1.29 is 13.2 Å². The van der Waals surface area contributed by atoms with E-state index in [1.807, 2.05) is 17.9 Å². The largest absolute Gasteiger partial charge is 0.292 e. The molecule has 1 aromatic heterocycles. The third kappa shape index (κ3) is 5.47. The molecule has 2 aromatic rings. The second-order valence-electron chi connectivity index (χ2n) is 6.97. The Morgan fingerprint density at radius 1 is 1.14 bits per heavy atom. The first-order chi connectivity index (χ1) is 13.9. The van der Waals surface area contributed by atoms with Crippen molar-refractivity contribution in [3.63, 3.8) is 0 Å². The fourth-order valence-electron chi connectivity index (χ4n) is 3.01. The summed E-state index contributed by atoms with van der Waals surface area (Å²) in [5, 5.41) is 4.10. The maximum atomic E-state index is 12.7. The fourth-order valence-corrected chi connectivity index (χ4v) is 4.44. The number of sulfonamides is 1. The van der Waals surface area contributed by atoms with Crippen molar-refractivity contribution in [1.82, 2.24) is 19.6 Å². The number of hydrazone groups is 1. The standard InChI is InChI=1S/C20H25N5O3S/c1-16-5-7-19(8-6-16)29(27,28)25-12-10-24(11-13-25)15-20(26)23-22-17(2)18-4-3-9-21-14-18/h3-9,14H,10-13,15H2,1-2H3,(H,23,26)/b22-17-. The van der Waals surface area contributed by atoms with Gasteiger partial charge in [-0.1, -0.05) is 23.8 Å². The van der Waals surface area contributed by atoms with Crippen LogP contribution in [0.2, 0.25) is 0 Å². The van der Waals surface area contributed by atoms with Gasteiger partial charge in [-0.05, 0) is 32.0 Å². The molecule has 1 aromatic carbocycles. The average molecular weight is 416 g/mol. The highest BCUT2D eigenvalue weighted by atomic mass is 32.2. The van der Waals surface area contributed by atoms with Crippen LogP contribution in [0.3, 0.4) is 0 Å². The third-order valence-electron chi connectivity index (χ3n) is 4.78. The molecule has 0 saturated carbocycles. The first-order valence-electron chi connectivity index (χ1n) is 9.39. The number of carbonyl (C=O) groups excluding carboxylic acids is 1. The van der Waals surface area contributed by atoms with Crippen molar-refractivity contribution in [2.75, 3.05) is 32.7 Å². The smallest absolute Gasteiger partial charge is 0.254 e. The fraction of sp³-hybridized carbons (Fsp3) is 0.350. The van der Waals surface area contributed by atoms with Gasteiger partial charge in [0.1, 0.15) is 0 Å². The molecule has 1 aliphatic heterocycles. The van der Waals surface area contributed by atoms with E-state index in [-0.39, 0.29) is 12.5 Å². The van der Waals surface area contributed by atoms with Gasteiger partial charge in [-0.15, -0.1) is 0 Å².